The molecule has 19 heavy (non-hydrogen) atoms. The van der Waals surface area contributed by atoms with Gasteiger partial charge in [-0.15, -0.1) is 0 Å². The Morgan fingerprint density at radius 1 is 1.47 bits per heavy atom. The summed E-state index contributed by atoms with van der Waals surface area (Å²) in [7, 11) is 0. The summed E-state index contributed by atoms with van der Waals surface area (Å²) >= 11 is 0. The molecule has 1 aliphatic rings. The van der Waals surface area contributed by atoms with Crippen LogP contribution < -0.4 is 5.32 Å². The summed E-state index contributed by atoms with van der Waals surface area (Å²) in [5.74, 6) is -0.909. The number of aliphatic hydroxyl groups is 2. The van der Waals surface area contributed by atoms with Crippen LogP contribution in [-0.2, 0) is 17.6 Å². The molecule has 0 aliphatic heterocycles. The molecule has 1 unspecified atom stereocenters. The van der Waals surface area contributed by atoms with Crippen molar-refractivity contribution in [3.63, 3.8) is 0 Å². The number of aliphatic hydroxyl groups excluding tert-OH is 1. The fourth-order valence-corrected chi connectivity index (χ4v) is 2.26. The Hall–Kier alpha value is -1.46. The van der Waals surface area contributed by atoms with Gasteiger partial charge in [0.15, 0.2) is 0 Å². The number of rotatable bonds is 3. The summed E-state index contributed by atoms with van der Waals surface area (Å²) in [4.78, 5) is 11.6. The molecule has 0 radical (unpaired) electrons. The highest BCUT2D eigenvalue weighted by Crippen LogP contribution is 2.31. The van der Waals surface area contributed by atoms with Gasteiger partial charge in [-0.3, -0.25) is 4.79 Å². The largest absolute Gasteiger partial charge is 0.396 e. The topological polar surface area (TPSA) is 69.6 Å². The number of fused-ring (bicyclic) bond motifs is 1. The van der Waals surface area contributed by atoms with E-state index in [0.29, 0.717) is 24.1 Å². The van der Waals surface area contributed by atoms with E-state index >= 15 is 0 Å². The van der Waals surface area contributed by atoms with Crippen LogP contribution >= 0.6 is 0 Å². The lowest BCUT2D eigenvalue weighted by atomic mass is 10.1. The van der Waals surface area contributed by atoms with Gasteiger partial charge in [0.2, 0.25) is 0 Å². The van der Waals surface area contributed by atoms with Gasteiger partial charge in [0.25, 0.3) is 5.91 Å². The predicted molar refractivity (Wildman–Crippen MR) is 69.3 cm³/mol. The molecule has 1 atom stereocenters. The first-order valence-corrected chi connectivity index (χ1v) is 6.27. The molecule has 4 nitrogen and oxygen atoms in total. The van der Waals surface area contributed by atoms with Gasteiger partial charge in [0, 0.05) is 12.3 Å². The van der Waals surface area contributed by atoms with Crippen molar-refractivity contribution in [3.8, 4) is 0 Å². The van der Waals surface area contributed by atoms with Gasteiger partial charge in [-0.1, -0.05) is 0 Å². The van der Waals surface area contributed by atoms with Crippen molar-refractivity contribution < 1.29 is 19.4 Å². The molecule has 0 spiro atoms. The number of carbonyl (C=O) groups excluding carboxylic acids is 1. The van der Waals surface area contributed by atoms with Crippen LogP contribution in [0.1, 0.15) is 25.0 Å². The van der Waals surface area contributed by atoms with Crippen LogP contribution in [0.5, 0.6) is 0 Å². The zero-order valence-corrected chi connectivity index (χ0v) is 11.0. The summed E-state index contributed by atoms with van der Waals surface area (Å²) in [6, 6.07) is 2.96. The molecule has 0 saturated carbocycles. The second-order valence-electron chi connectivity index (χ2n) is 5.57. The maximum Gasteiger partial charge on any atom is 0.255 e. The Labute approximate surface area is 111 Å². The van der Waals surface area contributed by atoms with Gasteiger partial charge in [-0.25, -0.2) is 4.39 Å². The molecule has 0 fully saturated rings. The first kappa shape index (κ1) is 14.0. The molecule has 0 bridgehead atoms. The standard InChI is InChI=1S/C14H18FNO3/c1-14(2,19)13(18)16-10-5-9-3-8(7-17)4-11(9)12(15)6-10/h5-6,8,17,19H,3-4,7H2,1-2H3,(H,16,18). The molecule has 1 aromatic carbocycles. The van der Waals surface area contributed by atoms with E-state index in [0.717, 1.165) is 5.56 Å². The Bertz CT molecular complexity index is 508. The number of amides is 1. The molecule has 0 aromatic heterocycles. The molecule has 104 valence electrons. The second kappa shape index (κ2) is 4.90. The van der Waals surface area contributed by atoms with Crippen molar-refractivity contribution in [2.75, 3.05) is 11.9 Å². The van der Waals surface area contributed by atoms with Crippen molar-refractivity contribution in [2.45, 2.75) is 32.3 Å². The first-order valence-electron chi connectivity index (χ1n) is 6.27. The molecule has 0 saturated heterocycles. The normalized spacial score (nSPS) is 18.3. The van der Waals surface area contributed by atoms with Gasteiger partial charge in [-0.2, -0.15) is 0 Å². The van der Waals surface area contributed by atoms with Gasteiger partial charge in [-0.05, 0) is 55.9 Å². The minimum absolute atomic E-state index is 0.0273. The average Bonchev–Trinajstić information content (AvgIpc) is 2.71. The number of carbonyl (C=O) groups is 1. The SMILES string of the molecule is CC(C)(O)C(=O)Nc1cc(F)c2c(c1)CC(CO)C2. The monoisotopic (exact) mass is 267 g/mol. The van der Waals surface area contributed by atoms with E-state index < -0.39 is 11.5 Å². The maximum absolute atomic E-state index is 13.9. The molecule has 1 aromatic rings. The predicted octanol–water partition coefficient (Wildman–Crippen LogP) is 1.24. The van der Waals surface area contributed by atoms with Crippen LogP contribution in [0.3, 0.4) is 0 Å². The highest BCUT2D eigenvalue weighted by Gasteiger charge is 2.27. The van der Waals surface area contributed by atoms with Crippen LogP contribution in [0.2, 0.25) is 0 Å². The van der Waals surface area contributed by atoms with Crippen molar-refractivity contribution in [3.05, 3.63) is 29.1 Å². The van der Waals surface area contributed by atoms with E-state index in [-0.39, 0.29) is 18.3 Å². The van der Waals surface area contributed by atoms with Gasteiger partial charge in [0.05, 0.1) is 0 Å². The van der Waals surface area contributed by atoms with Crippen molar-refractivity contribution in [1.29, 1.82) is 0 Å². The van der Waals surface area contributed by atoms with Gasteiger partial charge >= 0.3 is 0 Å². The van der Waals surface area contributed by atoms with Crippen molar-refractivity contribution in [2.24, 2.45) is 5.92 Å². The number of halogens is 1. The van der Waals surface area contributed by atoms with Crippen LogP contribution in [0, 0.1) is 11.7 Å². The third kappa shape index (κ3) is 2.93. The summed E-state index contributed by atoms with van der Waals surface area (Å²) in [6.45, 7) is 2.77. The summed E-state index contributed by atoms with van der Waals surface area (Å²) in [6.07, 6.45) is 1.13. The number of anilines is 1. The Kier molecular flexibility index (Phi) is 3.60. The van der Waals surface area contributed by atoms with E-state index in [4.69, 9.17) is 5.11 Å². The maximum atomic E-state index is 13.9. The fourth-order valence-electron chi connectivity index (χ4n) is 2.26. The van der Waals surface area contributed by atoms with Crippen molar-refractivity contribution >= 4 is 11.6 Å². The lowest BCUT2D eigenvalue weighted by Gasteiger charge is -2.17. The summed E-state index contributed by atoms with van der Waals surface area (Å²) in [5.41, 5.74) is 0.246. The van der Waals surface area contributed by atoms with E-state index in [9.17, 15) is 14.3 Å². The lowest BCUT2D eigenvalue weighted by molar-refractivity contribution is -0.130. The van der Waals surface area contributed by atoms with Gasteiger partial charge in [0.1, 0.15) is 11.4 Å². The highest BCUT2D eigenvalue weighted by atomic mass is 19.1. The lowest BCUT2D eigenvalue weighted by Crippen LogP contribution is -2.36. The summed E-state index contributed by atoms with van der Waals surface area (Å²) < 4.78 is 13.9. The zero-order valence-electron chi connectivity index (χ0n) is 11.0. The minimum Gasteiger partial charge on any atom is -0.396 e. The third-order valence-electron chi connectivity index (χ3n) is 3.36. The number of hydrogen-bond acceptors (Lipinski definition) is 3. The van der Waals surface area contributed by atoms with E-state index in [1.165, 1.54) is 19.9 Å². The van der Waals surface area contributed by atoms with Crippen LogP contribution in [-0.4, -0.2) is 28.3 Å². The van der Waals surface area contributed by atoms with Crippen LogP contribution in [0.4, 0.5) is 10.1 Å². The average molecular weight is 267 g/mol. The van der Waals surface area contributed by atoms with E-state index in [1.807, 2.05) is 0 Å². The molecule has 3 N–H and O–H groups in total. The Morgan fingerprint density at radius 2 is 2.16 bits per heavy atom. The second-order valence-corrected chi connectivity index (χ2v) is 5.57. The van der Waals surface area contributed by atoms with E-state index in [2.05, 4.69) is 5.32 Å². The Morgan fingerprint density at radius 3 is 2.74 bits per heavy atom. The van der Waals surface area contributed by atoms with Crippen LogP contribution in [0.15, 0.2) is 12.1 Å². The molecular formula is C14H18FNO3. The fraction of sp³-hybridized carbons (Fsp3) is 0.500. The number of hydrogen-bond donors (Lipinski definition) is 3. The molecule has 1 aliphatic carbocycles. The Balaban J connectivity index is 2.22. The van der Waals surface area contributed by atoms with Crippen molar-refractivity contribution in [1.82, 2.24) is 0 Å². The molecule has 0 heterocycles. The number of benzene rings is 1. The number of nitrogens with one attached hydrogen (secondary N) is 1. The highest BCUT2D eigenvalue weighted by molar-refractivity contribution is 5.96. The quantitative estimate of drug-likeness (QED) is 0.771. The third-order valence-corrected chi connectivity index (χ3v) is 3.36. The molecular weight excluding hydrogens is 249 g/mol. The van der Waals surface area contributed by atoms with E-state index in [1.54, 1.807) is 6.07 Å². The molecule has 5 heteroatoms. The molecule has 1 amide bonds. The molecule has 2 rings (SSSR count). The minimum atomic E-state index is -1.51. The smallest absolute Gasteiger partial charge is 0.255 e. The van der Waals surface area contributed by atoms with Gasteiger partial charge < -0.3 is 15.5 Å². The van der Waals surface area contributed by atoms with Crippen LogP contribution in [0.25, 0.3) is 0 Å². The first-order chi connectivity index (χ1) is 8.81. The zero-order chi connectivity index (χ0) is 14.2. The summed E-state index contributed by atoms with van der Waals surface area (Å²) in [5, 5.41) is 21.2.